The van der Waals surface area contributed by atoms with Crippen LogP contribution in [0.3, 0.4) is 0 Å². The van der Waals surface area contributed by atoms with E-state index in [1.165, 1.54) is 11.1 Å². The number of hydrogen-bond acceptors (Lipinski definition) is 3. The number of benzene rings is 1. The van der Waals surface area contributed by atoms with Crippen LogP contribution in [-0.4, -0.2) is 11.9 Å². The van der Waals surface area contributed by atoms with E-state index in [-0.39, 0.29) is 11.9 Å². The lowest BCUT2D eigenvalue weighted by atomic mass is 9.88. The van der Waals surface area contributed by atoms with Crippen LogP contribution in [0.1, 0.15) is 33.9 Å². The third-order valence-corrected chi connectivity index (χ3v) is 3.77. The first kappa shape index (κ1) is 12.9. The molecule has 0 saturated heterocycles. The fraction of sp³-hybridized carbons (Fsp3) is 0.312. The van der Waals surface area contributed by atoms with E-state index in [1.54, 1.807) is 12.1 Å². The summed E-state index contributed by atoms with van der Waals surface area (Å²) in [7, 11) is 0. The number of aryl methyl sites for hydroxylation is 1. The Morgan fingerprint density at radius 2 is 2.05 bits per heavy atom. The van der Waals surface area contributed by atoms with Crippen LogP contribution >= 0.6 is 0 Å². The molecule has 2 aromatic rings. The highest BCUT2D eigenvalue weighted by atomic mass is 16.4. The van der Waals surface area contributed by atoms with Gasteiger partial charge in [-0.2, -0.15) is 0 Å². The van der Waals surface area contributed by atoms with Crippen LogP contribution in [0, 0.1) is 0 Å². The van der Waals surface area contributed by atoms with Crippen LogP contribution in [0.2, 0.25) is 0 Å². The summed E-state index contributed by atoms with van der Waals surface area (Å²) < 4.78 is 5.37. The van der Waals surface area contributed by atoms with Gasteiger partial charge in [0.05, 0.1) is 6.54 Å². The first-order valence-electron chi connectivity index (χ1n) is 6.92. The monoisotopic (exact) mass is 270 g/mol. The van der Waals surface area contributed by atoms with E-state index in [9.17, 15) is 4.79 Å². The molecule has 0 fully saturated rings. The van der Waals surface area contributed by atoms with Gasteiger partial charge in [0.15, 0.2) is 5.76 Å². The molecular formula is C16H18N2O2. The number of amides is 1. The molecule has 0 aliphatic heterocycles. The van der Waals surface area contributed by atoms with Gasteiger partial charge < -0.3 is 15.5 Å². The number of furan rings is 1. The van der Waals surface area contributed by atoms with E-state index >= 15 is 0 Å². The zero-order valence-electron chi connectivity index (χ0n) is 11.3. The zero-order chi connectivity index (χ0) is 13.9. The van der Waals surface area contributed by atoms with Crippen molar-refractivity contribution in [3.05, 3.63) is 59.0 Å². The summed E-state index contributed by atoms with van der Waals surface area (Å²) in [5, 5.41) is 3.04. The molecule has 1 heterocycles. The summed E-state index contributed by atoms with van der Waals surface area (Å²) >= 11 is 0. The third-order valence-electron chi connectivity index (χ3n) is 3.77. The molecule has 0 spiro atoms. The number of rotatable bonds is 3. The van der Waals surface area contributed by atoms with Crippen LogP contribution in [0.4, 0.5) is 0 Å². The van der Waals surface area contributed by atoms with E-state index < -0.39 is 0 Å². The molecule has 1 amide bonds. The van der Waals surface area contributed by atoms with Crippen molar-refractivity contribution in [1.29, 1.82) is 0 Å². The molecule has 104 valence electrons. The molecule has 1 unspecified atom stereocenters. The smallest absolute Gasteiger partial charge is 0.287 e. The Morgan fingerprint density at radius 1 is 1.25 bits per heavy atom. The predicted molar refractivity (Wildman–Crippen MR) is 76.3 cm³/mol. The molecule has 0 saturated carbocycles. The maximum atomic E-state index is 12.1. The lowest BCUT2D eigenvalue weighted by Crippen LogP contribution is -2.38. The Bertz CT molecular complexity index is 618. The Balaban J connectivity index is 1.66. The summed E-state index contributed by atoms with van der Waals surface area (Å²) in [4.78, 5) is 12.1. The highest BCUT2D eigenvalue weighted by molar-refractivity contribution is 5.91. The van der Waals surface area contributed by atoms with E-state index in [2.05, 4.69) is 23.5 Å². The van der Waals surface area contributed by atoms with Crippen molar-refractivity contribution < 1.29 is 9.21 Å². The number of carbonyl (C=O) groups excluding carboxylic acids is 1. The molecule has 20 heavy (non-hydrogen) atoms. The van der Waals surface area contributed by atoms with Crippen LogP contribution in [0.5, 0.6) is 0 Å². The zero-order valence-corrected chi connectivity index (χ0v) is 11.3. The highest BCUT2D eigenvalue weighted by Crippen LogP contribution is 2.21. The number of fused-ring (bicyclic) bond motifs is 1. The molecule has 1 aromatic heterocycles. The fourth-order valence-corrected chi connectivity index (χ4v) is 2.69. The topological polar surface area (TPSA) is 68.3 Å². The third kappa shape index (κ3) is 2.60. The second-order valence-corrected chi connectivity index (χ2v) is 5.15. The van der Waals surface area contributed by atoms with Gasteiger partial charge in [0, 0.05) is 6.04 Å². The first-order valence-corrected chi connectivity index (χ1v) is 6.92. The predicted octanol–water partition coefficient (Wildman–Crippen LogP) is 2.03. The van der Waals surface area contributed by atoms with E-state index in [0.717, 1.165) is 19.3 Å². The highest BCUT2D eigenvalue weighted by Gasteiger charge is 2.21. The molecule has 1 atom stereocenters. The summed E-state index contributed by atoms with van der Waals surface area (Å²) in [6, 6.07) is 12.0. The van der Waals surface area contributed by atoms with Gasteiger partial charge in [-0.1, -0.05) is 24.3 Å². The summed E-state index contributed by atoms with van der Waals surface area (Å²) in [6.07, 6.45) is 2.85. The number of carbonyl (C=O) groups is 1. The molecular weight excluding hydrogens is 252 g/mol. The summed E-state index contributed by atoms with van der Waals surface area (Å²) in [6.45, 7) is 0.310. The van der Waals surface area contributed by atoms with E-state index in [4.69, 9.17) is 10.2 Å². The van der Waals surface area contributed by atoms with Crippen molar-refractivity contribution in [2.75, 3.05) is 0 Å². The SMILES string of the molecule is NCc1ccc(C(=O)NC2CCc3ccccc3C2)o1. The van der Waals surface area contributed by atoms with Crippen molar-refractivity contribution in [2.45, 2.75) is 31.8 Å². The van der Waals surface area contributed by atoms with Crippen molar-refractivity contribution in [2.24, 2.45) is 5.73 Å². The van der Waals surface area contributed by atoms with Gasteiger partial charge in [0.25, 0.3) is 5.91 Å². The number of hydrogen-bond donors (Lipinski definition) is 2. The van der Waals surface area contributed by atoms with Crippen LogP contribution in [0.15, 0.2) is 40.8 Å². The molecule has 1 aliphatic rings. The van der Waals surface area contributed by atoms with Crippen molar-refractivity contribution in [3.63, 3.8) is 0 Å². The number of nitrogens with one attached hydrogen (secondary N) is 1. The van der Waals surface area contributed by atoms with Crippen LogP contribution in [-0.2, 0) is 19.4 Å². The lowest BCUT2D eigenvalue weighted by molar-refractivity contribution is 0.0904. The molecule has 1 aliphatic carbocycles. The number of nitrogens with two attached hydrogens (primary N) is 1. The second-order valence-electron chi connectivity index (χ2n) is 5.15. The van der Waals surface area contributed by atoms with Crippen molar-refractivity contribution >= 4 is 5.91 Å². The quantitative estimate of drug-likeness (QED) is 0.896. The maximum Gasteiger partial charge on any atom is 0.287 e. The Labute approximate surface area is 118 Å². The van der Waals surface area contributed by atoms with Gasteiger partial charge in [0.2, 0.25) is 0 Å². The van der Waals surface area contributed by atoms with Crippen LogP contribution in [0.25, 0.3) is 0 Å². The molecule has 3 N–H and O–H groups in total. The maximum absolute atomic E-state index is 12.1. The molecule has 4 nitrogen and oxygen atoms in total. The minimum Gasteiger partial charge on any atom is -0.455 e. The van der Waals surface area contributed by atoms with Gasteiger partial charge in [-0.15, -0.1) is 0 Å². The average molecular weight is 270 g/mol. The van der Waals surface area contributed by atoms with Gasteiger partial charge >= 0.3 is 0 Å². The second kappa shape index (κ2) is 5.51. The summed E-state index contributed by atoms with van der Waals surface area (Å²) in [5.74, 6) is 0.808. The minimum absolute atomic E-state index is 0.158. The Morgan fingerprint density at radius 3 is 2.80 bits per heavy atom. The van der Waals surface area contributed by atoms with Crippen molar-refractivity contribution in [3.8, 4) is 0 Å². The fourth-order valence-electron chi connectivity index (χ4n) is 2.69. The Hall–Kier alpha value is -2.07. The normalized spacial score (nSPS) is 17.6. The molecule has 0 bridgehead atoms. The van der Waals surface area contributed by atoms with Gasteiger partial charge in [-0.25, -0.2) is 0 Å². The van der Waals surface area contributed by atoms with Gasteiger partial charge in [-0.05, 0) is 42.5 Å². The Kier molecular flexibility index (Phi) is 3.56. The minimum atomic E-state index is -0.158. The standard InChI is InChI=1S/C16H18N2O2/c17-10-14-7-8-15(20-14)16(19)18-13-6-5-11-3-1-2-4-12(11)9-13/h1-4,7-8,13H,5-6,9-10,17H2,(H,18,19). The van der Waals surface area contributed by atoms with E-state index in [0.29, 0.717) is 18.1 Å². The molecule has 4 heteroatoms. The average Bonchev–Trinajstić information content (AvgIpc) is 2.96. The lowest BCUT2D eigenvalue weighted by Gasteiger charge is -2.25. The largest absolute Gasteiger partial charge is 0.455 e. The van der Waals surface area contributed by atoms with Gasteiger partial charge in [0.1, 0.15) is 5.76 Å². The molecule has 3 rings (SSSR count). The van der Waals surface area contributed by atoms with E-state index in [1.807, 2.05) is 6.07 Å². The van der Waals surface area contributed by atoms with Crippen molar-refractivity contribution in [1.82, 2.24) is 5.32 Å². The molecule has 1 aromatic carbocycles. The van der Waals surface area contributed by atoms with Gasteiger partial charge in [-0.3, -0.25) is 4.79 Å². The summed E-state index contributed by atoms with van der Waals surface area (Å²) in [5.41, 5.74) is 8.19. The van der Waals surface area contributed by atoms with Crippen LogP contribution < -0.4 is 11.1 Å². The molecule has 0 radical (unpaired) electrons. The first-order chi connectivity index (χ1) is 9.76.